The van der Waals surface area contributed by atoms with Gasteiger partial charge in [0, 0.05) is 37.3 Å². The molecule has 5 rings (SSSR count). The number of likely N-dealkylation sites (tertiary alicyclic amines) is 1. The Hall–Kier alpha value is -2.28. The van der Waals surface area contributed by atoms with Crippen LogP contribution in [0.5, 0.6) is 0 Å². The molecule has 7 heteroatoms. The Morgan fingerprint density at radius 3 is 2.71 bits per heavy atom. The third-order valence-electron chi connectivity index (χ3n) is 8.66. The van der Waals surface area contributed by atoms with Crippen molar-refractivity contribution >= 4 is 22.9 Å². The minimum Gasteiger partial charge on any atom is -0.463 e. The van der Waals surface area contributed by atoms with Crippen LogP contribution in [0.1, 0.15) is 82.6 Å². The highest BCUT2D eigenvalue weighted by molar-refractivity contribution is 6.02. The average Bonchev–Trinajstić information content (AvgIpc) is 3.41. The van der Waals surface area contributed by atoms with E-state index in [1.807, 2.05) is 28.5 Å². The lowest BCUT2D eigenvalue weighted by molar-refractivity contribution is -0.133. The Morgan fingerprint density at radius 1 is 1.15 bits per heavy atom. The highest BCUT2D eigenvalue weighted by Crippen LogP contribution is 2.34. The molecule has 1 N–H and O–H groups in total. The van der Waals surface area contributed by atoms with Crippen molar-refractivity contribution in [3.63, 3.8) is 0 Å². The van der Waals surface area contributed by atoms with Gasteiger partial charge in [-0.1, -0.05) is 13.3 Å². The Bertz CT molecular complexity index is 1030. The van der Waals surface area contributed by atoms with Gasteiger partial charge in [-0.3, -0.25) is 9.59 Å². The van der Waals surface area contributed by atoms with Crippen molar-refractivity contribution in [3.05, 3.63) is 24.1 Å². The average molecular weight is 469 g/mol. The molecule has 1 saturated carbocycles. The fourth-order valence-electron chi connectivity index (χ4n) is 6.29. The van der Waals surface area contributed by atoms with E-state index in [4.69, 9.17) is 4.42 Å². The van der Waals surface area contributed by atoms with Crippen LogP contribution in [0.15, 0.2) is 22.8 Å². The molecule has 0 spiro atoms. The van der Waals surface area contributed by atoms with Gasteiger partial charge in [-0.25, -0.2) is 0 Å². The number of fused-ring (bicyclic) bond motifs is 3. The Kier molecular flexibility index (Phi) is 6.49. The smallest absolute Gasteiger partial charge is 0.271 e. The van der Waals surface area contributed by atoms with E-state index >= 15 is 0 Å². The summed E-state index contributed by atoms with van der Waals surface area (Å²) in [6, 6.07) is 4.52. The van der Waals surface area contributed by atoms with Gasteiger partial charge in [-0.2, -0.15) is 0 Å². The lowest BCUT2D eigenvalue weighted by Crippen LogP contribution is -2.65. The lowest BCUT2D eigenvalue weighted by atomic mass is 9.86. The monoisotopic (exact) mass is 468 g/mol. The maximum Gasteiger partial charge on any atom is 0.271 e. The molecule has 7 nitrogen and oxygen atoms in total. The van der Waals surface area contributed by atoms with E-state index in [2.05, 4.69) is 24.1 Å². The van der Waals surface area contributed by atoms with Crippen molar-refractivity contribution in [1.82, 2.24) is 19.7 Å². The van der Waals surface area contributed by atoms with Crippen LogP contribution in [0.3, 0.4) is 0 Å². The number of carbonyl (C=O) groups is 2. The molecular weight excluding hydrogens is 428 g/mol. The van der Waals surface area contributed by atoms with Gasteiger partial charge in [0.05, 0.1) is 18.3 Å². The second-order valence-electron chi connectivity index (χ2n) is 11.2. The molecule has 0 unspecified atom stereocenters. The van der Waals surface area contributed by atoms with E-state index in [1.54, 1.807) is 6.26 Å². The van der Waals surface area contributed by atoms with Crippen LogP contribution in [0.2, 0.25) is 0 Å². The van der Waals surface area contributed by atoms with Crippen LogP contribution in [-0.2, 0) is 11.3 Å². The minimum atomic E-state index is -0.927. The zero-order valence-electron chi connectivity index (χ0n) is 21.0. The van der Waals surface area contributed by atoms with Crippen LogP contribution in [0.25, 0.3) is 11.1 Å². The van der Waals surface area contributed by atoms with E-state index in [-0.39, 0.29) is 17.9 Å². The highest BCUT2D eigenvalue weighted by Gasteiger charge is 2.48. The molecule has 34 heavy (non-hydrogen) atoms. The van der Waals surface area contributed by atoms with E-state index in [0.29, 0.717) is 30.4 Å². The van der Waals surface area contributed by atoms with Crippen molar-refractivity contribution in [2.75, 3.05) is 19.6 Å². The van der Waals surface area contributed by atoms with Gasteiger partial charge in [0.15, 0.2) is 5.58 Å². The van der Waals surface area contributed by atoms with E-state index in [9.17, 15) is 9.59 Å². The molecule has 2 fully saturated rings. The molecule has 0 bridgehead atoms. The van der Waals surface area contributed by atoms with Crippen molar-refractivity contribution in [3.8, 4) is 0 Å². The summed E-state index contributed by atoms with van der Waals surface area (Å²) >= 11 is 0. The molecule has 4 heterocycles. The number of carbonyl (C=O) groups excluding carboxylic acids is 2. The van der Waals surface area contributed by atoms with E-state index in [0.717, 1.165) is 56.6 Å². The van der Waals surface area contributed by atoms with Crippen LogP contribution < -0.4 is 5.32 Å². The summed E-state index contributed by atoms with van der Waals surface area (Å²) in [5.41, 5.74) is 1.29. The number of nitrogens with zero attached hydrogens (tertiary/aromatic N) is 3. The SMILES string of the molecule is CC1CCC(NC(=O)[C@@]2(C)Cn3c(cc4occc43)C(=O)N2CCCN2CCCC[C@@H]2C)CC1. The summed E-state index contributed by atoms with van der Waals surface area (Å²) in [5, 5.41) is 3.33. The fraction of sp³-hybridized carbons (Fsp3) is 0.704. The van der Waals surface area contributed by atoms with Gasteiger partial charge >= 0.3 is 0 Å². The summed E-state index contributed by atoms with van der Waals surface area (Å²) in [6.07, 6.45) is 10.7. The molecule has 2 aromatic rings. The second kappa shape index (κ2) is 9.40. The van der Waals surface area contributed by atoms with Gasteiger partial charge in [-0.05, 0) is 71.3 Å². The number of rotatable bonds is 6. The summed E-state index contributed by atoms with van der Waals surface area (Å²) < 4.78 is 7.57. The molecule has 1 aliphatic carbocycles. The highest BCUT2D eigenvalue weighted by atomic mass is 16.3. The Balaban J connectivity index is 1.37. The van der Waals surface area contributed by atoms with Gasteiger partial charge in [0.1, 0.15) is 11.2 Å². The first-order valence-electron chi connectivity index (χ1n) is 13.3. The number of hydrogen-bond acceptors (Lipinski definition) is 4. The van der Waals surface area contributed by atoms with Crippen LogP contribution in [0, 0.1) is 5.92 Å². The summed E-state index contributed by atoms with van der Waals surface area (Å²) in [6.45, 7) is 9.67. The quantitative estimate of drug-likeness (QED) is 0.682. The maximum absolute atomic E-state index is 13.8. The van der Waals surface area contributed by atoms with Crippen LogP contribution >= 0.6 is 0 Å². The number of furan rings is 1. The zero-order valence-corrected chi connectivity index (χ0v) is 21.0. The molecule has 1 saturated heterocycles. The number of aromatic nitrogens is 1. The first-order valence-corrected chi connectivity index (χ1v) is 13.3. The predicted octanol–water partition coefficient (Wildman–Crippen LogP) is 4.41. The molecular formula is C27H40N4O3. The fourth-order valence-corrected chi connectivity index (χ4v) is 6.29. The summed E-state index contributed by atoms with van der Waals surface area (Å²) in [7, 11) is 0. The molecule has 2 amide bonds. The topological polar surface area (TPSA) is 70.7 Å². The lowest BCUT2D eigenvalue weighted by Gasteiger charge is -2.45. The third kappa shape index (κ3) is 4.28. The Labute approximate surface area is 202 Å². The maximum atomic E-state index is 13.8. The minimum absolute atomic E-state index is 0.0252. The number of amides is 2. The molecule has 2 aromatic heterocycles. The number of piperidine rings is 1. The standard InChI is InChI=1S/C27H40N4O3/c1-19-8-10-21(11-9-19)28-26(33)27(3)18-30-22-12-16-34-24(22)17-23(30)25(32)31(27)15-6-14-29-13-5-4-7-20(29)2/h12,16-17,19-21H,4-11,13-15,18H2,1-3H3,(H,28,33)/t19?,20-,21?,27+/m0/s1. The van der Waals surface area contributed by atoms with Crippen LogP contribution in [0.4, 0.5) is 0 Å². The molecule has 0 radical (unpaired) electrons. The van der Waals surface area contributed by atoms with Gasteiger partial charge in [-0.15, -0.1) is 0 Å². The van der Waals surface area contributed by atoms with Crippen molar-refractivity contribution in [1.29, 1.82) is 0 Å². The third-order valence-corrected chi connectivity index (χ3v) is 8.66. The first kappa shape index (κ1) is 23.5. The summed E-state index contributed by atoms with van der Waals surface area (Å²) in [5.74, 6) is 0.632. The van der Waals surface area contributed by atoms with Gasteiger partial charge < -0.3 is 24.1 Å². The van der Waals surface area contributed by atoms with Crippen molar-refractivity contribution in [2.24, 2.45) is 5.92 Å². The largest absolute Gasteiger partial charge is 0.463 e. The van der Waals surface area contributed by atoms with E-state index < -0.39 is 5.54 Å². The van der Waals surface area contributed by atoms with E-state index in [1.165, 1.54) is 19.3 Å². The molecule has 186 valence electrons. The Morgan fingerprint density at radius 2 is 1.94 bits per heavy atom. The molecule has 2 aliphatic heterocycles. The molecule has 3 aliphatic rings. The second-order valence-corrected chi connectivity index (χ2v) is 11.2. The first-order chi connectivity index (χ1) is 16.4. The number of hydrogen-bond donors (Lipinski definition) is 1. The van der Waals surface area contributed by atoms with Crippen LogP contribution in [-0.4, -0.2) is 63.4 Å². The van der Waals surface area contributed by atoms with Crippen molar-refractivity contribution in [2.45, 2.75) is 96.3 Å². The normalized spacial score (nSPS) is 30.5. The van der Waals surface area contributed by atoms with Crippen molar-refractivity contribution < 1.29 is 14.0 Å². The predicted molar refractivity (Wildman–Crippen MR) is 133 cm³/mol. The zero-order chi connectivity index (χ0) is 23.9. The molecule has 0 aromatic carbocycles. The number of nitrogens with one attached hydrogen (secondary N) is 1. The van der Waals surface area contributed by atoms with Gasteiger partial charge in [0.2, 0.25) is 5.91 Å². The summed E-state index contributed by atoms with van der Waals surface area (Å²) in [4.78, 5) is 31.9. The van der Waals surface area contributed by atoms with Gasteiger partial charge in [0.25, 0.3) is 5.91 Å². The molecule has 2 atom stereocenters.